The van der Waals surface area contributed by atoms with Crippen LogP contribution < -0.4 is 4.74 Å². The van der Waals surface area contributed by atoms with E-state index in [-0.39, 0.29) is 23.3 Å². The number of likely N-dealkylation sites (tertiary alicyclic amines) is 1. The maximum absolute atomic E-state index is 13.6. The summed E-state index contributed by atoms with van der Waals surface area (Å²) in [5, 5.41) is 0. The quantitative estimate of drug-likeness (QED) is 0.838. The molecule has 1 fully saturated rings. The first-order valence-electron chi connectivity index (χ1n) is 6.65. The van der Waals surface area contributed by atoms with Crippen LogP contribution in [0.15, 0.2) is 18.2 Å². The van der Waals surface area contributed by atoms with E-state index in [1.165, 1.54) is 13.2 Å². The highest BCUT2D eigenvalue weighted by atomic mass is 19.1. The Morgan fingerprint density at radius 3 is 2.63 bits per heavy atom. The molecule has 0 bridgehead atoms. The molecule has 0 radical (unpaired) electrons. The van der Waals surface area contributed by atoms with Gasteiger partial charge >= 0.3 is 0 Å². The van der Waals surface area contributed by atoms with Crippen LogP contribution in [0.5, 0.6) is 5.75 Å². The van der Waals surface area contributed by atoms with Gasteiger partial charge in [-0.2, -0.15) is 0 Å². The van der Waals surface area contributed by atoms with Gasteiger partial charge in [-0.15, -0.1) is 0 Å². The molecule has 4 heteroatoms. The predicted molar refractivity (Wildman–Crippen MR) is 71.6 cm³/mol. The van der Waals surface area contributed by atoms with E-state index in [9.17, 15) is 9.18 Å². The number of hydrogen-bond donors (Lipinski definition) is 0. The van der Waals surface area contributed by atoms with E-state index in [0.29, 0.717) is 0 Å². The number of Topliss-reactive ketones (excluding diaryl/α,β-unsaturated/α-hetero) is 1. The van der Waals surface area contributed by atoms with Crippen LogP contribution in [0, 0.1) is 11.7 Å². The summed E-state index contributed by atoms with van der Waals surface area (Å²) in [4.78, 5) is 13.6. The normalized spacial score (nSPS) is 17.4. The molecule has 1 heterocycles. The Morgan fingerprint density at radius 1 is 1.42 bits per heavy atom. The molecule has 104 valence electrons. The standard InChI is InChI=1S/C15H20FNO2/c1-11(18)13-5-7-17(8-6-13)10-12-3-4-15(19-2)14(16)9-12/h3-4,9,13H,5-8,10H2,1-2H3. The van der Waals surface area contributed by atoms with Gasteiger partial charge < -0.3 is 4.74 Å². The van der Waals surface area contributed by atoms with Crippen LogP contribution in [0.1, 0.15) is 25.3 Å². The smallest absolute Gasteiger partial charge is 0.165 e. The molecule has 0 unspecified atom stereocenters. The summed E-state index contributed by atoms with van der Waals surface area (Å²) < 4.78 is 18.5. The van der Waals surface area contributed by atoms with Crippen LogP contribution in [-0.2, 0) is 11.3 Å². The minimum absolute atomic E-state index is 0.212. The number of hydrogen-bond acceptors (Lipinski definition) is 3. The van der Waals surface area contributed by atoms with Crippen molar-refractivity contribution in [3.63, 3.8) is 0 Å². The Labute approximate surface area is 113 Å². The van der Waals surface area contributed by atoms with E-state index in [2.05, 4.69) is 4.90 Å². The Kier molecular flexibility index (Phi) is 4.53. The summed E-state index contributed by atoms with van der Waals surface area (Å²) in [6.45, 7) is 4.19. The van der Waals surface area contributed by atoms with Gasteiger partial charge in [-0.1, -0.05) is 6.07 Å². The molecular weight excluding hydrogens is 245 g/mol. The van der Waals surface area contributed by atoms with Gasteiger partial charge in [0.1, 0.15) is 5.78 Å². The molecule has 1 aromatic carbocycles. The molecule has 0 aromatic heterocycles. The summed E-state index contributed by atoms with van der Waals surface area (Å²) in [5.41, 5.74) is 0.944. The summed E-state index contributed by atoms with van der Waals surface area (Å²) in [5.74, 6) is 0.455. The highest BCUT2D eigenvalue weighted by Gasteiger charge is 2.22. The molecular formula is C15H20FNO2. The van der Waals surface area contributed by atoms with E-state index >= 15 is 0 Å². The highest BCUT2D eigenvalue weighted by Crippen LogP contribution is 2.22. The van der Waals surface area contributed by atoms with E-state index in [1.807, 2.05) is 6.07 Å². The highest BCUT2D eigenvalue weighted by molar-refractivity contribution is 5.78. The zero-order valence-electron chi connectivity index (χ0n) is 11.5. The second-order valence-electron chi connectivity index (χ2n) is 5.13. The van der Waals surface area contributed by atoms with Crippen LogP contribution in [0.2, 0.25) is 0 Å². The lowest BCUT2D eigenvalue weighted by molar-refractivity contribution is -0.122. The van der Waals surface area contributed by atoms with Crippen molar-refractivity contribution >= 4 is 5.78 Å². The van der Waals surface area contributed by atoms with Crippen molar-refractivity contribution in [2.45, 2.75) is 26.3 Å². The van der Waals surface area contributed by atoms with Crippen LogP contribution in [-0.4, -0.2) is 30.9 Å². The fraction of sp³-hybridized carbons (Fsp3) is 0.533. The lowest BCUT2D eigenvalue weighted by Gasteiger charge is -2.30. The molecule has 1 saturated heterocycles. The molecule has 1 aliphatic heterocycles. The summed E-state index contributed by atoms with van der Waals surface area (Å²) in [6, 6.07) is 5.07. The minimum Gasteiger partial charge on any atom is -0.494 e. The molecule has 19 heavy (non-hydrogen) atoms. The first kappa shape index (κ1) is 14.0. The molecule has 2 rings (SSSR count). The number of benzene rings is 1. The first-order valence-corrected chi connectivity index (χ1v) is 6.65. The van der Waals surface area contributed by atoms with Gasteiger partial charge in [0.25, 0.3) is 0 Å². The second kappa shape index (κ2) is 6.15. The average Bonchev–Trinajstić information content (AvgIpc) is 2.39. The fourth-order valence-electron chi connectivity index (χ4n) is 2.56. The van der Waals surface area contributed by atoms with Crippen molar-refractivity contribution in [1.82, 2.24) is 4.90 Å². The Balaban J connectivity index is 1.92. The van der Waals surface area contributed by atoms with Gasteiger partial charge in [-0.25, -0.2) is 4.39 Å². The third-order valence-electron chi connectivity index (χ3n) is 3.78. The Morgan fingerprint density at radius 2 is 2.11 bits per heavy atom. The molecule has 0 N–H and O–H groups in total. The van der Waals surface area contributed by atoms with Gasteiger partial charge in [0.2, 0.25) is 0 Å². The Hall–Kier alpha value is -1.42. The molecule has 0 amide bonds. The number of rotatable bonds is 4. The fourth-order valence-corrected chi connectivity index (χ4v) is 2.56. The van der Waals surface area contributed by atoms with Crippen molar-refractivity contribution in [1.29, 1.82) is 0 Å². The van der Waals surface area contributed by atoms with Crippen LogP contribution >= 0.6 is 0 Å². The maximum Gasteiger partial charge on any atom is 0.165 e. The minimum atomic E-state index is -0.321. The van der Waals surface area contributed by atoms with Crippen molar-refractivity contribution in [3.05, 3.63) is 29.6 Å². The monoisotopic (exact) mass is 265 g/mol. The van der Waals surface area contributed by atoms with Crippen LogP contribution in [0.4, 0.5) is 4.39 Å². The van der Waals surface area contributed by atoms with Gasteiger partial charge in [0.05, 0.1) is 7.11 Å². The molecule has 0 aliphatic carbocycles. The van der Waals surface area contributed by atoms with Gasteiger partial charge in [-0.3, -0.25) is 9.69 Å². The summed E-state index contributed by atoms with van der Waals surface area (Å²) in [7, 11) is 1.46. The number of ether oxygens (including phenoxy) is 1. The van der Waals surface area contributed by atoms with Crippen molar-refractivity contribution in [3.8, 4) is 5.75 Å². The third-order valence-corrected chi connectivity index (χ3v) is 3.78. The molecule has 1 aliphatic rings. The maximum atomic E-state index is 13.6. The zero-order valence-corrected chi connectivity index (χ0v) is 11.5. The van der Waals surface area contributed by atoms with Crippen LogP contribution in [0.25, 0.3) is 0 Å². The number of ketones is 1. The molecule has 3 nitrogen and oxygen atoms in total. The van der Waals surface area contributed by atoms with E-state index in [0.717, 1.165) is 38.0 Å². The lowest BCUT2D eigenvalue weighted by Crippen LogP contribution is -2.35. The van der Waals surface area contributed by atoms with Gasteiger partial charge in [0.15, 0.2) is 11.6 Å². The molecule has 0 spiro atoms. The van der Waals surface area contributed by atoms with E-state index in [4.69, 9.17) is 4.74 Å². The van der Waals surface area contributed by atoms with Crippen molar-refractivity contribution < 1.29 is 13.9 Å². The predicted octanol–water partition coefficient (Wildman–Crippen LogP) is 2.64. The Bertz CT molecular complexity index is 453. The van der Waals surface area contributed by atoms with Crippen molar-refractivity contribution in [2.75, 3.05) is 20.2 Å². The average molecular weight is 265 g/mol. The first-order chi connectivity index (χ1) is 9.10. The molecule has 0 atom stereocenters. The number of halogens is 1. The van der Waals surface area contributed by atoms with E-state index < -0.39 is 0 Å². The van der Waals surface area contributed by atoms with Crippen molar-refractivity contribution in [2.24, 2.45) is 5.92 Å². The summed E-state index contributed by atoms with van der Waals surface area (Å²) in [6.07, 6.45) is 1.82. The molecule has 0 saturated carbocycles. The number of carbonyl (C=O) groups excluding carboxylic acids is 1. The SMILES string of the molecule is COc1ccc(CN2CCC(C(C)=O)CC2)cc1F. The number of methoxy groups -OCH3 is 1. The topological polar surface area (TPSA) is 29.5 Å². The molecule has 1 aromatic rings. The zero-order chi connectivity index (χ0) is 13.8. The van der Waals surface area contributed by atoms with Gasteiger partial charge in [0, 0.05) is 12.5 Å². The lowest BCUT2D eigenvalue weighted by atomic mass is 9.93. The van der Waals surface area contributed by atoms with Crippen LogP contribution in [0.3, 0.4) is 0 Å². The second-order valence-corrected chi connectivity index (χ2v) is 5.13. The number of carbonyl (C=O) groups is 1. The summed E-state index contributed by atoms with van der Waals surface area (Å²) >= 11 is 0. The third kappa shape index (κ3) is 3.53. The number of piperidine rings is 1. The largest absolute Gasteiger partial charge is 0.494 e. The van der Waals surface area contributed by atoms with Gasteiger partial charge in [-0.05, 0) is 50.6 Å². The number of nitrogens with zero attached hydrogens (tertiary/aromatic N) is 1. The van der Waals surface area contributed by atoms with E-state index in [1.54, 1.807) is 13.0 Å².